The lowest BCUT2D eigenvalue weighted by Crippen LogP contribution is -2.28. The van der Waals surface area contributed by atoms with Crippen LogP contribution in [0.1, 0.15) is 11.1 Å². The molecule has 26 heavy (non-hydrogen) atoms. The van der Waals surface area contributed by atoms with Gasteiger partial charge in [0.15, 0.2) is 0 Å². The predicted octanol–water partition coefficient (Wildman–Crippen LogP) is 3.61. The Labute approximate surface area is 150 Å². The van der Waals surface area contributed by atoms with E-state index in [0.29, 0.717) is 0 Å². The maximum absolute atomic E-state index is 12.0. The van der Waals surface area contributed by atoms with Crippen LogP contribution >= 0.6 is 0 Å². The van der Waals surface area contributed by atoms with Gasteiger partial charge in [0.2, 0.25) is 0 Å². The largest absolute Gasteiger partial charge is 0.464 e. The molecule has 2 N–H and O–H groups in total. The van der Waals surface area contributed by atoms with Gasteiger partial charge in [0.1, 0.15) is 12.3 Å². The molecule has 0 aliphatic carbocycles. The number of carbonyl (C=O) groups is 2. The molecule has 6 nitrogen and oxygen atoms in total. The van der Waals surface area contributed by atoms with Gasteiger partial charge in [-0.1, -0.05) is 48.5 Å². The molecule has 3 rings (SSSR count). The van der Waals surface area contributed by atoms with E-state index in [1.165, 1.54) is 7.11 Å². The van der Waals surface area contributed by atoms with Crippen molar-refractivity contribution in [2.75, 3.05) is 7.11 Å². The molecular weight excluding hydrogens is 332 g/mol. The van der Waals surface area contributed by atoms with Gasteiger partial charge < -0.3 is 14.5 Å². The number of aromatic nitrogens is 1. The number of benzene rings is 2. The lowest BCUT2D eigenvalue weighted by atomic mass is 10.1. The third-order valence-electron chi connectivity index (χ3n) is 3.78. The van der Waals surface area contributed by atoms with Crippen LogP contribution in [-0.4, -0.2) is 24.2 Å². The molecule has 0 spiro atoms. The molecule has 0 bridgehead atoms. The molecule has 0 radical (unpaired) electrons. The normalized spacial score (nSPS) is 11.2. The summed E-state index contributed by atoms with van der Waals surface area (Å²) in [5, 5.41) is 3.38. The lowest BCUT2D eigenvalue weighted by Gasteiger charge is -2.09. The number of H-pyrrole nitrogens is 1. The number of aromatic amines is 1. The molecule has 1 heterocycles. The van der Waals surface area contributed by atoms with E-state index in [9.17, 15) is 9.59 Å². The summed E-state index contributed by atoms with van der Waals surface area (Å²) < 4.78 is 9.90. The average Bonchev–Trinajstić information content (AvgIpc) is 3.09. The first-order valence-electron chi connectivity index (χ1n) is 8.01. The summed E-state index contributed by atoms with van der Waals surface area (Å²) in [5.41, 5.74) is 2.53. The maximum atomic E-state index is 12.0. The number of esters is 1. The number of para-hydroxylation sites is 1. The van der Waals surface area contributed by atoms with Crippen molar-refractivity contribution < 1.29 is 19.1 Å². The number of rotatable bonds is 5. The highest BCUT2D eigenvalue weighted by molar-refractivity contribution is 5.99. The number of nitrogens with one attached hydrogen (secondary N) is 2. The number of carbonyl (C=O) groups excluding carboxylic acids is 2. The maximum Gasteiger partial charge on any atom is 0.412 e. The second kappa shape index (κ2) is 8.02. The Balaban J connectivity index is 1.75. The highest BCUT2D eigenvalue weighted by atomic mass is 16.6. The van der Waals surface area contributed by atoms with Crippen LogP contribution in [0.25, 0.3) is 17.0 Å². The lowest BCUT2D eigenvalue weighted by molar-refractivity contribution is -0.136. The van der Waals surface area contributed by atoms with Gasteiger partial charge >= 0.3 is 12.1 Å². The molecule has 132 valence electrons. The van der Waals surface area contributed by atoms with Crippen LogP contribution in [0.5, 0.6) is 0 Å². The van der Waals surface area contributed by atoms with Gasteiger partial charge in [0.05, 0.1) is 7.11 Å². The van der Waals surface area contributed by atoms with Crippen molar-refractivity contribution in [2.24, 2.45) is 0 Å². The summed E-state index contributed by atoms with van der Waals surface area (Å²) in [4.78, 5) is 27.2. The highest BCUT2D eigenvalue weighted by Gasteiger charge is 2.15. The fourth-order valence-corrected chi connectivity index (χ4v) is 2.49. The Morgan fingerprint density at radius 2 is 1.81 bits per heavy atom. The Morgan fingerprint density at radius 1 is 1.08 bits per heavy atom. The molecule has 1 aromatic heterocycles. The molecule has 0 aliphatic heterocycles. The van der Waals surface area contributed by atoms with E-state index in [1.54, 1.807) is 12.3 Å². The third-order valence-corrected chi connectivity index (χ3v) is 3.78. The zero-order chi connectivity index (χ0) is 18.4. The van der Waals surface area contributed by atoms with Gasteiger partial charge in [-0.25, -0.2) is 9.59 Å². The van der Waals surface area contributed by atoms with Crippen LogP contribution in [0.2, 0.25) is 0 Å². The molecule has 3 aromatic rings. The summed E-state index contributed by atoms with van der Waals surface area (Å²) >= 11 is 0. The quantitative estimate of drug-likeness (QED) is 0.544. The Hall–Kier alpha value is -3.54. The molecule has 0 aliphatic rings. The molecular formula is C20H18N2O4. The van der Waals surface area contributed by atoms with E-state index in [0.717, 1.165) is 22.0 Å². The van der Waals surface area contributed by atoms with Crippen molar-refractivity contribution in [1.29, 1.82) is 0 Å². The summed E-state index contributed by atoms with van der Waals surface area (Å²) in [5.74, 6) is -0.660. The molecule has 0 saturated carbocycles. The second-order valence-corrected chi connectivity index (χ2v) is 5.53. The second-order valence-electron chi connectivity index (χ2n) is 5.53. The van der Waals surface area contributed by atoms with Crippen LogP contribution in [0.15, 0.2) is 66.5 Å². The van der Waals surface area contributed by atoms with E-state index in [2.05, 4.69) is 10.3 Å². The van der Waals surface area contributed by atoms with Crippen molar-refractivity contribution in [3.8, 4) is 0 Å². The fraction of sp³-hybridized carbons (Fsp3) is 0.100. The minimum absolute atomic E-state index is 0.00434. The van der Waals surface area contributed by atoms with Crippen molar-refractivity contribution in [1.82, 2.24) is 10.3 Å². The van der Waals surface area contributed by atoms with Gasteiger partial charge in [0.25, 0.3) is 0 Å². The summed E-state index contributed by atoms with van der Waals surface area (Å²) in [6.07, 6.45) is 2.57. The summed E-state index contributed by atoms with van der Waals surface area (Å²) in [6, 6.07) is 16.9. The minimum Gasteiger partial charge on any atom is -0.464 e. The zero-order valence-electron chi connectivity index (χ0n) is 14.2. The van der Waals surface area contributed by atoms with Crippen molar-refractivity contribution in [3.05, 3.63) is 77.6 Å². The SMILES string of the molecule is COC(=O)/C(=C/c1c[nH]c2ccccc12)NC(=O)OCc1ccccc1. The van der Waals surface area contributed by atoms with Crippen LogP contribution in [0, 0.1) is 0 Å². The first kappa shape index (κ1) is 17.3. The Kier molecular flexibility index (Phi) is 5.34. The minimum atomic E-state index is -0.731. The number of ether oxygens (including phenoxy) is 2. The van der Waals surface area contributed by atoms with E-state index >= 15 is 0 Å². The Morgan fingerprint density at radius 3 is 2.58 bits per heavy atom. The Bertz CT molecular complexity index is 945. The number of methoxy groups -OCH3 is 1. The average molecular weight is 350 g/mol. The summed E-state index contributed by atoms with van der Waals surface area (Å²) in [6.45, 7) is 0.105. The molecule has 0 fully saturated rings. The molecule has 2 aromatic carbocycles. The number of amides is 1. The molecule has 0 atom stereocenters. The van der Waals surface area contributed by atoms with Crippen molar-refractivity contribution >= 4 is 29.0 Å². The van der Waals surface area contributed by atoms with Gasteiger partial charge in [0, 0.05) is 22.7 Å². The van der Waals surface area contributed by atoms with Gasteiger partial charge in [-0.05, 0) is 17.7 Å². The topological polar surface area (TPSA) is 80.4 Å². The van der Waals surface area contributed by atoms with E-state index < -0.39 is 12.1 Å². The number of hydrogen-bond acceptors (Lipinski definition) is 4. The predicted molar refractivity (Wildman–Crippen MR) is 98.1 cm³/mol. The first-order chi connectivity index (χ1) is 12.7. The number of alkyl carbamates (subject to hydrolysis) is 1. The van der Waals surface area contributed by atoms with Crippen LogP contribution in [-0.2, 0) is 20.9 Å². The molecule has 6 heteroatoms. The standard InChI is InChI=1S/C20H18N2O4/c1-25-19(23)18(11-15-12-21-17-10-6-5-9-16(15)17)22-20(24)26-13-14-7-3-2-4-8-14/h2-12,21H,13H2,1H3,(H,22,24)/b18-11-. The molecule has 0 saturated heterocycles. The van der Waals surface area contributed by atoms with Crippen molar-refractivity contribution in [3.63, 3.8) is 0 Å². The third kappa shape index (κ3) is 4.10. The van der Waals surface area contributed by atoms with Gasteiger partial charge in [-0.3, -0.25) is 5.32 Å². The van der Waals surface area contributed by atoms with E-state index in [4.69, 9.17) is 9.47 Å². The van der Waals surface area contributed by atoms with Crippen LogP contribution < -0.4 is 5.32 Å². The number of hydrogen-bond donors (Lipinski definition) is 2. The molecule has 0 unspecified atom stereocenters. The van der Waals surface area contributed by atoms with Crippen molar-refractivity contribution in [2.45, 2.75) is 6.61 Å². The van der Waals surface area contributed by atoms with Gasteiger partial charge in [-0.15, -0.1) is 0 Å². The van der Waals surface area contributed by atoms with Crippen LogP contribution in [0.3, 0.4) is 0 Å². The monoisotopic (exact) mass is 350 g/mol. The number of fused-ring (bicyclic) bond motifs is 1. The first-order valence-corrected chi connectivity index (χ1v) is 8.01. The van der Waals surface area contributed by atoms with E-state index in [-0.39, 0.29) is 12.3 Å². The zero-order valence-corrected chi connectivity index (χ0v) is 14.2. The fourth-order valence-electron chi connectivity index (χ4n) is 2.49. The smallest absolute Gasteiger partial charge is 0.412 e. The van der Waals surface area contributed by atoms with Crippen LogP contribution in [0.4, 0.5) is 4.79 Å². The van der Waals surface area contributed by atoms with E-state index in [1.807, 2.05) is 54.6 Å². The highest BCUT2D eigenvalue weighted by Crippen LogP contribution is 2.20. The van der Waals surface area contributed by atoms with Gasteiger partial charge in [-0.2, -0.15) is 0 Å². The summed E-state index contributed by atoms with van der Waals surface area (Å²) in [7, 11) is 1.25. The molecule has 1 amide bonds.